The van der Waals surface area contributed by atoms with E-state index in [1.807, 2.05) is 0 Å². The molecule has 0 amide bonds. The Hall–Kier alpha value is -2.09. The van der Waals surface area contributed by atoms with Crippen molar-refractivity contribution in [2.45, 2.75) is 16.1 Å². The molecule has 0 bridgehead atoms. The summed E-state index contributed by atoms with van der Waals surface area (Å²) in [5, 5.41) is 9.34. The maximum atomic E-state index is 12.7. The summed E-state index contributed by atoms with van der Waals surface area (Å²) >= 11 is 1.03. The number of halogens is 3. The maximum Gasteiger partial charge on any atom is 0.417 e. The molecule has 0 saturated carbocycles. The van der Waals surface area contributed by atoms with Crippen LogP contribution in [0.1, 0.15) is 15.9 Å². The van der Waals surface area contributed by atoms with Crippen molar-refractivity contribution in [1.29, 1.82) is 0 Å². The van der Waals surface area contributed by atoms with Crippen LogP contribution >= 0.6 is 11.8 Å². The Morgan fingerprint density at radius 2 is 2.00 bits per heavy atom. The van der Waals surface area contributed by atoms with Gasteiger partial charge in [0.05, 0.1) is 17.3 Å². The number of aromatic carboxylic acids is 1. The summed E-state index contributed by atoms with van der Waals surface area (Å²) in [6.07, 6.45) is -0.379. The van der Waals surface area contributed by atoms with Gasteiger partial charge in [-0.1, -0.05) is 11.8 Å². The van der Waals surface area contributed by atoms with E-state index in [9.17, 15) is 18.0 Å². The molecule has 0 spiro atoms. The summed E-state index contributed by atoms with van der Waals surface area (Å²) < 4.78 is 38.0. The molecule has 0 aliphatic heterocycles. The van der Waals surface area contributed by atoms with Crippen LogP contribution in [0.3, 0.4) is 0 Å². The van der Waals surface area contributed by atoms with Crippen molar-refractivity contribution in [3.63, 3.8) is 0 Å². The minimum Gasteiger partial charge on any atom is -0.478 e. The van der Waals surface area contributed by atoms with E-state index in [4.69, 9.17) is 5.11 Å². The number of benzene rings is 1. The molecule has 4 nitrogen and oxygen atoms in total. The molecule has 0 saturated heterocycles. The van der Waals surface area contributed by atoms with Crippen LogP contribution in [0, 0.1) is 0 Å². The minimum absolute atomic E-state index is 0.343. The third-order valence-electron chi connectivity index (χ3n) is 2.29. The monoisotopic (exact) mass is 300 g/mol. The lowest BCUT2D eigenvalue weighted by atomic mass is 10.1. The summed E-state index contributed by atoms with van der Waals surface area (Å²) in [4.78, 5) is 19.0. The van der Waals surface area contributed by atoms with Crippen LogP contribution in [-0.2, 0) is 6.18 Å². The molecule has 1 aromatic heterocycles. The van der Waals surface area contributed by atoms with Crippen molar-refractivity contribution in [3.8, 4) is 0 Å². The molecule has 8 heteroatoms. The number of aromatic nitrogens is 2. The average molecular weight is 300 g/mol. The zero-order chi connectivity index (χ0) is 14.8. The van der Waals surface area contributed by atoms with Crippen LogP contribution in [0.5, 0.6) is 0 Å². The molecule has 0 unspecified atom stereocenters. The van der Waals surface area contributed by atoms with Gasteiger partial charge in [-0.05, 0) is 18.2 Å². The van der Waals surface area contributed by atoms with Crippen LogP contribution in [-0.4, -0.2) is 21.0 Å². The zero-order valence-corrected chi connectivity index (χ0v) is 10.6. The molecule has 0 radical (unpaired) electrons. The van der Waals surface area contributed by atoms with Gasteiger partial charge < -0.3 is 5.11 Å². The van der Waals surface area contributed by atoms with Crippen LogP contribution in [0.25, 0.3) is 0 Å². The van der Waals surface area contributed by atoms with Crippen LogP contribution in [0.2, 0.25) is 0 Å². The second-order valence-corrected chi connectivity index (χ2v) is 4.75. The third-order valence-corrected chi connectivity index (χ3v) is 3.20. The normalized spacial score (nSPS) is 11.3. The molecule has 1 aromatic carbocycles. The largest absolute Gasteiger partial charge is 0.478 e. The summed E-state index contributed by atoms with van der Waals surface area (Å²) in [6.45, 7) is 0. The smallest absolute Gasteiger partial charge is 0.417 e. The first kappa shape index (κ1) is 14.3. The number of carboxylic acids is 1. The average Bonchev–Trinajstić information content (AvgIpc) is 2.38. The fraction of sp³-hybridized carbons (Fsp3) is 0.0833. The molecule has 2 rings (SSSR count). The highest BCUT2D eigenvalue weighted by atomic mass is 32.2. The SMILES string of the molecule is O=C(O)c1cc(Sc2cnccn2)ccc1C(F)(F)F. The minimum atomic E-state index is -4.70. The maximum absolute atomic E-state index is 12.7. The van der Waals surface area contributed by atoms with Gasteiger partial charge in [0.15, 0.2) is 0 Å². The Bertz CT molecular complexity index is 632. The molecule has 2 aromatic rings. The Labute approximate surface area is 115 Å². The number of alkyl halides is 3. The van der Waals surface area contributed by atoms with E-state index in [2.05, 4.69) is 9.97 Å². The quantitative estimate of drug-likeness (QED) is 0.942. The molecule has 104 valence electrons. The fourth-order valence-electron chi connectivity index (χ4n) is 1.47. The summed E-state index contributed by atoms with van der Waals surface area (Å²) in [6, 6.07) is 2.93. The van der Waals surface area contributed by atoms with Gasteiger partial charge in [0.1, 0.15) is 5.03 Å². The van der Waals surface area contributed by atoms with Gasteiger partial charge >= 0.3 is 12.1 Å². The van der Waals surface area contributed by atoms with Crippen molar-refractivity contribution in [3.05, 3.63) is 47.9 Å². The Morgan fingerprint density at radius 3 is 2.55 bits per heavy atom. The highest BCUT2D eigenvalue weighted by Gasteiger charge is 2.35. The lowest BCUT2D eigenvalue weighted by Crippen LogP contribution is -2.12. The zero-order valence-electron chi connectivity index (χ0n) is 9.76. The van der Waals surface area contributed by atoms with E-state index in [0.717, 1.165) is 23.9 Å². The molecule has 0 fully saturated rings. The van der Waals surface area contributed by atoms with Crippen molar-refractivity contribution in [1.82, 2.24) is 9.97 Å². The second-order valence-electron chi connectivity index (χ2n) is 3.66. The predicted molar refractivity (Wildman–Crippen MR) is 64.6 cm³/mol. The van der Waals surface area contributed by atoms with E-state index in [1.54, 1.807) is 0 Å². The molecule has 0 aliphatic rings. The predicted octanol–water partition coefficient (Wildman–Crippen LogP) is 3.34. The molecule has 0 atom stereocenters. The number of rotatable bonds is 3. The molecule has 1 heterocycles. The van der Waals surface area contributed by atoms with Gasteiger partial charge in [-0.25, -0.2) is 9.78 Å². The van der Waals surface area contributed by atoms with Crippen LogP contribution < -0.4 is 0 Å². The van der Waals surface area contributed by atoms with Crippen LogP contribution in [0.4, 0.5) is 13.2 Å². The van der Waals surface area contributed by atoms with Crippen molar-refractivity contribution < 1.29 is 23.1 Å². The van der Waals surface area contributed by atoms with Gasteiger partial charge in [-0.2, -0.15) is 13.2 Å². The molecule has 20 heavy (non-hydrogen) atoms. The van der Waals surface area contributed by atoms with E-state index < -0.39 is 23.3 Å². The Morgan fingerprint density at radius 1 is 1.25 bits per heavy atom. The standard InChI is InChI=1S/C12H7F3N2O2S/c13-12(14,15)9-2-1-7(5-8(9)11(18)19)20-10-6-16-3-4-17-10/h1-6H,(H,18,19). The number of nitrogens with zero attached hydrogens (tertiary/aromatic N) is 2. The summed E-state index contributed by atoms with van der Waals surface area (Å²) in [5.41, 5.74) is -1.96. The first-order chi connectivity index (χ1) is 9.38. The van der Waals surface area contributed by atoms with Crippen molar-refractivity contribution >= 4 is 17.7 Å². The van der Waals surface area contributed by atoms with Gasteiger partial charge in [0.25, 0.3) is 0 Å². The third kappa shape index (κ3) is 3.27. The number of carboxylic acid groups (broad SMARTS) is 1. The van der Waals surface area contributed by atoms with Crippen LogP contribution in [0.15, 0.2) is 46.7 Å². The molecular weight excluding hydrogens is 293 g/mol. The van der Waals surface area contributed by atoms with E-state index in [-0.39, 0.29) is 0 Å². The van der Waals surface area contributed by atoms with E-state index in [0.29, 0.717) is 9.92 Å². The Balaban J connectivity index is 2.38. The van der Waals surface area contributed by atoms with Gasteiger partial charge in [-0.3, -0.25) is 4.98 Å². The molecular formula is C12H7F3N2O2S. The summed E-state index contributed by atoms with van der Waals surface area (Å²) in [7, 11) is 0. The van der Waals surface area contributed by atoms with Crippen molar-refractivity contribution in [2.75, 3.05) is 0 Å². The van der Waals surface area contributed by atoms with Gasteiger partial charge in [0, 0.05) is 17.3 Å². The van der Waals surface area contributed by atoms with E-state index >= 15 is 0 Å². The topological polar surface area (TPSA) is 63.1 Å². The first-order valence-corrected chi connectivity index (χ1v) is 6.08. The number of hydrogen-bond acceptors (Lipinski definition) is 4. The molecule has 1 N–H and O–H groups in total. The highest BCUT2D eigenvalue weighted by Crippen LogP contribution is 2.35. The summed E-state index contributed by atoms with van der Waals surface area (Å²) in [5.74, 6) is -1.63. The second kappa shape index (κ2) is 5.49. The lowest BCUT2D eigenvalue weighted by molar-refractivity contribution is -0.138. The fourth-order valence-corrected chi connectivity index (χ4v) is 2.25. The van der Waals surface area contributed by atoms with E-state index in [1.165, 1.54) is 24.7 Å². The molecule has 0 aliphatic carbocycles. The Kier molecular flexibility index (Phi) is 3.93. The lowest BCUT2D eigenvalue weighted by Gasteiger charge is -2.11. The van der Waals surface area contributed by atoms with Gasteiger partial charge in [0.2, 0.25) is 0 Å². The number of hydrogen-bond donors (Lipinski definition) is 1. The number of carbonyl (C=O) groups is 1. The first-order valence-electron chi connectivity index (χ1n) is 5.26. The van der Waals surface area contributed by atoms with Gasteiger partial charge in [-0.15, -0.1) is 0 Å². The highest BCUT2D eigenvalue weighted by molar-refractivity contribution is 7.99. The van der Waals surface area contributed by atoms with Crippen molar-refractivity contribution in [2.24, 2.45) is 0 Å².